The molecule has 1 aliphatic heterocycles. The van der Waals surface area contributed by atoms with Crippen molar-refractivity contribution in [2.45, 2.75) is 25.9 Å². The van der Waals surface area contributed by atoms with Gasteiger partial charge in [-0.1, -0.05) is 6.07 Å². The number of nitrogens with zero attached hydrogens (tertiary/aromatic N) is 1. The van der Waals surface area contributed by atoms with Crippen molar-refractivity contribution in [3.63, 3.8) is 0 Å². The van der Waals surface area contributed by atoms with E-state index in [2.05, 4.69) is 5.32 Å². The standard InChI is InChI=1S/C14H17FN2O3/c1-14(2)13(19)17(8-12(18)16-14)7-9-4-5-11(20-3)10(15)6-9/h4-6H,7-8H2,1-3H3,(H,16,18). The van der Waals surface area contributed by atoms with Gasteiger partial charge in [-0.15, -0.1) is 0 Å². The van der Waals surface area contributed by atoms with Gasteiger partial charge in [-0.05, 0) is 31.5 Å². The van der Waals surface area contributed by atoms with Crippen LogP contribution in [-0.2, 0) is 16.1 Å². The quantitative estimate of drug-likeness (QED) is 0.901. The smallest absolute Gasteiger partial charge is 0.248 e. The summed E-state index contributed by atoms with van der Waals surface area (Å²) in [5.41, 5.74) is -0.317. The van der Waals surface area contributed by atoms with Crippen LogP contribution in [-0.4, -0.2) is 35.9 Å². The Morgan fingerprint density at radius 1 is 1.40 bits per heavy atom. The van der Waals surface area contributed by atoms with Crippen LogP contribution in [0.4, 0.5) is 4.39 Å². The lowest BCUT2D eigenvalue weighted by Crippen LogP contribution is -2.63. The maximum atomic E-state index is 13.6. The second-order valence-electron chi connectivity index (χ2n) is 5.30. The molecule has 0 spiro atoms. The highest BCUT2D eigenvalue weighted by atomic mass is 19.1. The zero-order chi connectivity index (χ0) is 14.9. The van der Waals surface area contributed by atoms with Gasteiger partial charge >= 0.3 is 0 Å². The van der Waals surface area contributed by atoms with Crippen LogP contribution in [0.3, 0.4) is 0 Å². The first kappa shape index (κ1) is 14.3. The summed E-state index contributed by atoms with van der Waals surface area (Å²) in [4.78, 5) is 25.2. The maximum Gasteiger partial charge on any atom is 0.248 e. The molecule has 0 saturated carbocycles. The summed E-state index contributed by atoms with van der Waals surface area (Å²) < 4.78 is 18.5. The summed E-state index contributed by atoms with van der Waals surface area (Å²) in [6, 6.07) is 4.49. The van der Waals surface area contributed by atoms with Gasteiger partial charge in [0.1, 0.15) is 5.54 Å². The first-order valence-electron chi connectivity index (χ1n) is 6.26. The van der Waals surface area contributed by atoms with Crippen LogP contribution in [0.2, 0.25) is 0 Å². The van der Waals surface area contributed by atoms with Crippen molar-refractivity contribution < 1.29 is 18.7 Å². The lowest BCUT2D eigenvalue weighted by molar-refractivity contribution is -0.148. The Labute approximate surface area is 116 Å². The van der Waals surface area contributed by atoms with Crippen LogP contribution in [0.15, 0.2) is 18.2 Å². The zero-order valence-corrected chi connectivity index (χ0v) is 11.7. The first-order chi connectivity index (χ1) is 9.33. The predicted octanol–water partition coefficient (Wildman–Crippen LogP) is 1.07. The van der Waals surface area contributed by atoms with E-state index < -0.39 is 11.4 Å². The second kappa shape index (κ2) is 5.11. The van der Waals surface area contributed by atoms with Crippen LogP contribution < -0.4 is 10.1 Å². The van der Waals surface area contributed by atoms with Crippen molar-refractivity contribution in [3.8, 4) is 5.75 Å². The molecule has 1 heterocycles. The Kier molecular flexibility index (Phi) is 3.65. The van der Waals surface area contributed by atoms with E-state index in [0.717, 1.165) is 0 Å². The third-order valence-electron chi connectivity index (χ3n) is 3.20. The number of nitrogens with one attached hydrogen (secondary N) is 1. The number of hydrogen-bond donors (Lipinski definition) is 1. The molecule has 1 N–H and O–H groups in total. The number of methoxy groups -OCH3 is 1. The van der Waals surface area contributed by atoms with Crippen LogP contribution in [0.25, 0.3) is 0 Å². The van der Waals surface area contributed by atoms with E-state index in [1.807, 2.05) is 0 Å². The Morgan fingerprint density at radius 2 is 2.10 bits per heavy atom. The molecule has 20 heavy (non-hydrogen) atoms. The molecule has 0 radical (unpaired) electrons. The highest BCUT2D eigenvalue weighted by Crippen LogP contribution is 2.21. The van der Waals surface area contributed by atoms with E-state index in [0.29, 0.717) is 5.56 Å². The number of benzene rings is 1. The summed E-state index contributed by atoms with van der Waals surface area (Å²) in [6.07, 6.45) is 0. The normalized spacial score (nSPS) is 17.9. The number of carbonyl (C=O) groups excluding carboxylic acids is 2. The molecule has 2 amide bonds. The summed E-state index contributed by atoms with van der Waals surface area (Å²) in [5, 5.41) is 2.63. The number of piperazine rings is 1. The van der Waals surface area contributed by atoms with E-state index in [4.69, 9.17) is 4.74 Å². The van der Waals surface area contributed by atoms with Gasteiger partial charge in [0.05, 0.1) is 13.7 Å². The summed E-state index contributed by atoms with van der Waals surface area (Å²) in [5.74, 6) is -0.744. The molecular weight excluding hydrogens is 263 g/mol. The van der Waals surface area contributed by atoms with Gasteiger partial charge in [0.15, 0.2) is 11.6 Å². The van der Waals surface area contributed by atoms with Crippen LogP contribution in [0.5, 0.6) is 5.75 Å². The van der Waals surface area contributed by atoms with E-state index in [1.165, 1.54) is 24.1 Å². The van der Waals surface area contributed by atoms with Crippen molar-refractivity contribution in [1.29, 1.82) is 0 Å². The van der Waals surface area contributed by atoms with Crippen molar-refractivity contribution in [3.05, 3.63) is 29.6 Å². The number of halogens is 1. The lowest BCUT2D eigenvalue weighted by atomic mass is 10.00. The third-order valence-corrected chi connectivity index (χ3v) is 3.20. The molecule has 0 aromatic heterocycles. The molecule has 1 aromatic carbocycles. The van der Waals surface area contributed by atoms with Crippen LogP contribution in [0, 0.1) is 5.82 Å². The van der Waals surface area contributed by atoms with Crippen molar-refractivity contribution in [2.24, 2.45) is 0 Å². The zero-order valence-electron chi connectivity index (χ0n) is 11.7. The fraction of sp³-hybridized carbons (Fsp3) is 0.429. The molecule has 1 aromatic rings. The fourth-order valence-electron chi connectivity index (χ4n) is 2.24. The molecule has 6 heteroatoms. The first-order valence-corrected chi connectivity index (χ1v) is 6.26. The van der Waals surface area contributed by atoms with Gasteiger partial charge in [0, 0.05) is 6.54 Å². The largest absolute Gasteiger partial charge is 0.494 e. The Hall–Kier alpha value is -2.11. The number of ether oxygens (including phenoxy) is 1. The van der Waals surface area contributed by atoms with Crippen LogP contribution in [0.1, 0.15) is 19.4 Å². The fourth-order valence-corrected chi connectivity index (χ4v) is 2.24. The Bertz CT molecular complexity index is 557. The van der Waals surface area contributed by atoms with E-state index in [-0.39, 0.29) is 30.7 Å². The minimum Gasteiger partial charge on any atom is -0.494 e. The number of rotatable bonds is 3. The monoisotopic (exact) mass is 280 g/mol. The molecule has 0 atom stereocenters. The molecule has 0 unspecified atom stereocenters. The number of hydrogen-bond acceptors (Lipinski definition) is 3. The number of amides is 2. The topological polar surface area (TPSA) is 58.6 Å². The molecular formula is C14H17FN2O3. The van der Waals surface area contributed by atoms with E-state index >= 15 is 0 Å². The maximum absolute atomic E-state index is 13.6. The summed E-state index contributed by atoms with van der Waals surface area (Å²) in [7, 11) is 1.39. The van der Waals surface area contributed by atoms with Crippen molar-refractivity contribution >= 4 is 11.8 Å². The molecule has 1 saturated heterocycles. The molecule has 108 valence electrons. The highest BCUT2D eigenvalue weighted by Gasteiger charge is 2.38. The average molecular weight is 280 g/mol. The van der Waals surface area contributed by atoms with Gasteiger partial charge in [-0.25, -0.2) is 4.39 Å². The Morgan fingerprint density at radius 3 is 2.70 bits per heavy atom. The van der Waals surface area contributed by atoms with Gasteiger partial charge in [-0.2, -0.15) is 0 Å². The van der Waals surface area contributed by atoms with Crippen LogP contribution >= 0.6 is 0 Å². The van der Waals surface area contributed by atoms with Gasteiger partial charge in [0.25, 0.3) is 0 Å². The summed E-state index contributed by atoms with van der Waals surface area (Å²) >= 11 is 0. The molecule has 2 rings (SSSR count). The predicted molar refractivity (Wildman–Crippen MR) is 70.6 cm³/mol. The third kappa shape index (κ3) is 2.74. The lowest BCUT2D eigenvalue weighted by Gasteiger charge is -2.37. The second-order valence-corrected chi connectivity index (χ2v) is 5.30. The van der Waals surface area contributed by atoms with Gasteiger partial charge in [0.2, 0.25) is 11.8 Å². The molecule has 5 nitrogen and oxygen atoms in total. The SMILES string of the molecule is COc1ccc(CN2CC(=O)NC(C)(C)C2=O)cc1F. The van der Waals surface area contributed by atoms with E-state index in [9.17, 15) is 14.0 Å². The molecule has 0 bridgehead atoms. The summed E-state index contributed by atoms with van der Waals surface area (Å²) in [6.45, 7) is 3.47. The van der Waals surface area contributed by atoms with Crippen molar-refractivity contribution in [2.75, 3.05) is 13.7 Å². The van der Waals surface area contributed by atoms with E-state index in [1.54, 1.807) is 19.9 Å². The Balaban J connectivity index is 2.18. The number of carbonyl (C=O) groups is 2. The van der Waals surface area contributed by atoms with Crippen molar-refractivity contribution in [1.82, 2.24) is 10.2 Å². The minimum atomic E-state index is -0.930. The highest BCUT2D eigenvalue weighted by molar-refractivity contribution is 5.97. The molecule has 1 fully saturated rings. The van der Waals surface area contributed by atoms with Gasteiger partial charge in [-0.3, -0.25) is 9.59 Å². The average Bonchev–Trinajstić information content (AvgIpc) is 2.35. The minimum absolute atomic E-state index is 0.0179. The molecule has 0 aliphatic carbocycles. The van der Waals surface area contributed by atoms with Gasteiger partial charge < -0.3 is 15.0 Å². The molecule has 1 aliphatic rings.